The van der Waals surface area contributed by atoms with E-state index in [-0.39, 0.29) is 6.71 Å². The summed E-state index contributed by atoms with van der Waals surface area (Å²) < 4.78 is 0. The van der Waals surface area contributed by atoms with E-state index < -0.39 is 0 Å². The summed E-state index contributed by atoms with van der Waals surface area (Å²) in [5, 5.41) is 4.87. The zero-order valence-electron chi connectivity index (χ0n) is 39.5. The molecule has 0 aliphatic carbocycles. The van der Waals surface area contributed by atoms with Crippen LogP contribution in [0.4, 0.5) is 68.2 Å². The Balaban J connectivity index is 1.10. The lowest BCUT2D eigenvalue weighted by Gasteiger charge is -2.47. The van der Waals surface area contributed by atoms with Crippen molar-refractivity contribution in [2.45, 2.75) is 20.8 Å². The molecule has 0 saturated carbocycles. The number of fused-ring (bicyclic) bond motifs is 7. The maximum atomic E-state index is 2.60. The molecule has 0 aromatic heterocycles. The van der Waals surface area contributed by atoms with E-state index in [1.807, 2.05) is 0 Å². The molecule has 0 unspecified atom stereocenters. The highest BCUT2D eigenvalue weighted by molar-refractivity contribution is 7.00. The Bertz CT molecular complexity index is 3660. The van der Waals surface area contributed by atoms with Crippen LogP contribution in [0.2, 0.25) is 0 Å². The highest BCUT2D eigenvalue weighted by atomic mass is 15.3. The van der Waals surface area contributed by atoms with E-state index in [1.165, 1.54) is 66.0 Å². The molecule has 0 radical (unpaired) electrons. The third kappa shape index (κ3) is 6.76. The molecule has 332 valence electrons. The van der Waals surface area contributed by atoms with E-state index in [0.29, 0.717) is 0 Å². The first-order chi connectivity index (χ1) is 34.5. The highest BCUT2D eigenvalue weighted by Crippen LogP contribution is 2.57. The first kappa shape index (κ1) is 41.4. The van der Waals surface area contributed by atoms with E-state index in [4.69, 9.17) is 0 Å². The van der Waals surface area contributed by atoms with Crippen LogP contribution >= 0.6 is 0 Å². The van der Waals surface area contributed by atoms with Gasteiger partial charge in [-0.3, -0.25) is 0 Å². The zero-order valence-corrected chi connectivity index (χ0v) is 39.5. The number of nitrogens with zero attached hydrogens (tertiary/aromatic N) is 4. The van der Waals surface area contributed by atoms with Gasteiger partial charge in [0.05, 0.1) is 22.7 Å². The minimum atomic E-state index is -0.0865. The van der Waals surface area contributed by atoms with Crippen molar-refractivity contribution in [1.29, 1.82) is 0 Å². The minimum Gasteiger partial charge on any atom is -0.311 e. The number of benzene rings is 11. The van der Waals surface area contributed by atoms with Crippen molar-refractivity contribution in [2.75, 3.05) is 19.6 Å². The number of aryl methyl sites for hydroxylation is 3. The van der Waals surface area contributed by atoms with Gasteiger partial charge in [0.25, 0.3) is 0 Å². The van der Waals surface area contributed by atoms with Gasteiger partial charge in [-0.15, -0.1) is 0 Å². The van der Waals surface area contributed by atoms with Gasteiger partial charge < -0.3 is 19.6 Å². The zero-order chi connectivity index (χ0) is 46.9. The molecule has 11 aromatic rings. The third-order valence-electron chi connectivity index (χ3n) is 14.4. The summed E-state index contributed by atoms with van der Waals surface area (Å²) in [6, 6.07) is 89.1. The van der Waals surface area contributed by atoms with Gasteiger partial charge in [0.1, 0.15) is 0 Å². The lowest BCUT2D eigenvalue weighted by Crippen LogP contribution is -2.59. The fourth-order valence-electron chi connectivity index (χ4n) is 11.6. The minimum absolute atomic E-state index is 0.0865. The largest absolute Gasteiger partial charge is 0.311 e. The monoisotopic (exact) mass is 896 g/mol. The molecule has 2 aliphatic rings. The van der Waals surface area contributed by atoms with E-state index >= 15 is 0 Å². The summed E-state index contributed by atoms with van der Waals surface area (Å²) in [7, 11) is 0. The topological polar surface area (TPSA) is 13.0 Å². The second kappa shape index (κ2) is 16.8. The molecule has 2 aliphatic heterocycles. The Hall–Kier alpha value is -8.80. The third-order valence-corrected chi connectivity index (χ3v) is 14.4. The summed E-state index contributed by atoms with van der Waals surface area (Å²) >= 11 is 0. The molecule has 70 heavy (non-hydrogen) atoms. The van der Waals surface area contributed by atoms with Gasteiger partial charge in [-0.1, -0.05) is 156 Å². The van der Waals surface area contributed by atoms with Crippen molar-refractivity contribution in [3.8, 4) is 0 Å². The van der Waals surface area contributed by atoms with Gasteiger partial charge >= 0.3 is 0 Å². The Morgan fingerprint density at radius 2 is 0.757 bits per heavy atom. The standard InChI is InChI=1S/C65H49BN4/c1-44-38-45(2)63(46(3)39-44)66-58-43-56(68(52-27-12-6-13-28-52)53-29-14-7-15-30-53)36-37-59(58)70-61-41-48-21-17-16-20-47(48)40-60(61)69(62-42-49-22-18-19-31-57(49)64(66)65(62)70)55-34-32-54(33-35-55)67(50-23-8-4-9-24-50)51-25-10-5-11-26-51/h4-43H,1-3H3. The van der Waals surface area contributed by atoms with E-state index in [2.05, 4.69) is 283 Å². The molecule has 13 rings (SSSR count). The number of hydrogen-bond donors (Lipinski definition) is 0. The maximum Gasteiger partial charge on any atom is 0.248 e. The molecule has 0 bridgehead atoms. The Kier molecular flexibility index (Phi) is 9.91. The van der Waals surface area contributed by atoms with Crippen LogP contribution in [0.25, 0.3) is 21.5 Å². The molecule has 0 spiro atoms. The van der Waals surface area contributed by atoms with E-state index in [1.54, 1.807) is 0 Å². The average Bonchev–Trinajstić information content (AvgIpc) is 3.40. The van der Waals surface area contributed by atoms with Gasteiger partial charge in [0.2, 0.25) is 6.71 Å². The van der Waals surface area contributed by atoms with Gasteiger partial charge in [-0.05, 0) is 162 Å². The molecule has 0 saturated heterocycles. The Morgan fingerprint density at radius 3 is 1.30 bits per heavy atom. The first-order valence-corrected chi connectivity index (χ1v) is 24.3. The van der Waals surface area contributed by atoms with E-state index in [0.717, 1.165) is 56.9 Å². The maximum absolute atomic E-state index is 2.60. The van der Waals surface area contributed by atoms with Gasteiger partial charge in [0, 0.05) is 45.5 Å². The quantitative estimate of drug-likeness (QED) is 0.141. The van der Waals surface area contributed by atoms with Crippen molar-refractivity contribution in [2.24, 2.45) is 0 Å². The van der Waals surface area contributed by atoms with Crippen LogP contribution in [0, 0.1) is 20.8 Å². The normalized spacial score (nSPS) is 12.4. The van der Waals surface area contributed by atoms with Crippen LogP contribution in [0.3, 0.4) is 0 Å². The molecule has 0 atom stereocenters. The smallest absolute Gasteiger partial charge is 0.248 e. The molecule has 4 nitrogen and oxygen atoms in total. The molecular weight excluding hydrogens is 848 g/mol. The lowest BCUT2D eigenvalue weighted by molar-refractivity contribution is 1.18. The van der Waals surface area contributed by atoms with Crippen molar-refractivity contribution in [3.05, 3.63) is 259 Å². The van der Waals surface area contributed by atoms with Crippen LogP contribution in [0.5, 0.6) is 0 Å². The summed E-state index contributed by atoms with van der Waals surface area (Å²) in [5.41, 5.74) is 21.4. The van der Waals surface area contributed by atoms with Crippen LogP contribution < -0.4 is 36.0 Å². The van der Waals surface area contributed by atoms with Gasteiger partial charge in [0.15, 0.2) is 0 Å². The SMILES string of the molecule is Cc1cc(C)c(B2c3cc(N(c4ccccc4)c4ccccc4)ccc3N3c4cc5ccccc5cc4N(c4ccc(N(c5ccccc5)c5ccccc5)cc4)c4cc5ccccc5c2c43)c(C)c1. The molecule has 0 N–H and O–H groups in total. The van der Waals surface area contributed by atoms with Gasteiger partial charge in [-0.2, -0.15) is 0 Å². The van der Waals surface area contributed by atoms with Crippen molar-refractivity contribution >= 4 is 113 Å². The second-order valence-electron chi connectivity index (χ2n) is 18.8. The van der Waals surface area contributed by atoms with Crippen LogP contribution in [-0.2, 0) is 0 Å². The Morgan fingerprint density at radius 1 is 0.329 bits per heavy atom. The second-order valence-corrected chi connectivity index (χ2v) is 18.8. The van der Waals surface area contributed by atoms with Gasteiger partial charge in [-0.25, -0.2) is 0 Å². The van der Waals surface area contributed by atoms with E-state index in [9.17, 15) is 0 Å². The molecular formula is C65H49BN4. The number of hydrogen-bond acceptors (Lipinski definition) is 4. The van der Waals surface area contributed by atoms with Crippen molar-refractivity contribution in [3.63, 3.8) is 0 Å². The molecule has 11 aromatic carbocycles. The van der Waals surface area contributed by atoms with Crippen LogP contribution in [0.1, 0.15) is 16.7 Å². The molecule has 0 fully saturated rings. The molecule has 5 heteroatoms. The number of anilines is 12. The molecule has 2 heterocycles. The van der Waals surface area contributed by atoms with Crippen molar-refractivity contribution < 1.29 is 0 Å². The predicted molar refractivity (Wildman–Crippen MR) is 299 cm³/mol. The number of rotatable bonds is 8. The average molecular weight is 897 g/mol. The lowest BCUT2D eigenvalue weighted by atomic mass is 9.33. The van der Waals surface area contributed by atoms with Crippen LogP contribution in [0.15, 0.2) is 243 Å². The fraction of sp³-hybridized carbons (Fsp3) is 0.0462. The van der Waals surface area contributed by atoms with Crippen molar-refractivity contribution in [1.82, 2.24) is 0 Å². The first-order valence-electron chi connectivity index (χ1n) is 24.3. The summed E-state index contributed by atoms with van der Waals surface area (Å²) in [6.07, 6.45) is 0. The molecule has 0 amide bonds. The van der Waals surface area contributed by atoms with Crippen LogP contribution in [-0.4, -0.2) is 6.71 Å². The fourth-order valence-corrected chi connectivity index (χ4v) is 11.6. The summed E-state index contributed by atoms with van der Waals surface area (Å²) in [6.45, 7) is 6.76. The highest BCUT2D eigenvalue weighted by Gasteiger charge is 2.44. The Labute approximate surface area is 410 Å². The number of para-hydroxylation sites is 4. The summed E-state index contributed by atoms with van der Waals surface area (Å²) in [5.74, 6) is 0. The predicted octanol–water partition coefficient (Wildman–Crippen LogP) is 15.9. The summed E-state index contributed by atoms with van der Waals surface area (Å²) in [4.78, 5) is 9.86.